The maximum absolute atomic E-state index is 6.08. The summed E-state index contributed by atoms with van der Waals surface area (Å²) < 4.78 is 10.8. The Labute approximate surface area is 164 Å². The fourth-order valence-corrected chi connectivity index (χ4v) is 3.40. The number of benzene rings is 2. The number of methoxy groups -OCH3 is 1. The lowest BCUT2D eigenvalue weighted by molar-refractivity contribution is 0.416. The third-order valence-corrected chi connectivity index (χ3v) is 4.96. The quantitative estimate of drug-likeness (QED) is 0.456. The van der Waals surface area contributed by atoms with Crippen LogP contribution in [0, 0.1) is 0 Å². The molecule has 4 aromatic rings. The Kier molecular flexibility index (Phi) is 5.13. The summed E-state index contributed by atoms with van der Waals surface area (Å²) in [4.78, 5) is 4.51. The van der Waals surface area contributed by atoms with Crippen molar-refractivity contribution < 1.29 is 9.26 Å². The molecule has 0 aliphatic heterocycles. The first-order valence-corrected chi connectivity index (χ1v) is 9.49. The predicted molar refractivity (Wildman–Crippen MR) is 105 cm³/mol. The second-order valence-electron chi connectivity index (χ2n) is 5.65. The van der Waals surface area contributed by atoms with Gasteiger partial charge in [0.15, 0.2) is 11.6 Å². The summed E-state index contributed by atoms with van der Waals surface area (Å²) in [5, 5.41) is 12.5. The van der Waals surface area contributed by atoms with Gasteiger partial charge < -0.3 is 9.26 Å². The lowest BCUT2D eigenvalue weighted by Crippen LogP contribution is -1.89. The van der Waals surface area contributed by atoms with Gasteiger partial charge in [0.1, 0.15) is 5.75 Å². The number of hydrogen-bond acceptors (Lipinski definition) is 6. The fourth-order valence-electron chi connectivity index (χ4n) is 2.55. The van der Waals surface area contributed by atoms with Gasteiger partial charge in [-0.2, -0.15) is 0 Å². The third-order valence-electron chi connectivity index (χ3n) is 3.85. The molecular formula is C19H15ClN4O2S. The number of aromatic nitrogens is 4. The van der Waals surface area contributed by atoms with E-state index in [1.807, 2.05) is 36.4 Å². The van der Waals surface area contributed by atoms with E-state index in [0.717, 1.165) is 22.6 Å². The zero-order valence-corrected chi connectivity index (χ0v) is 15.9. The Morgan fingerprint density at radius 3 is 2.81 bits per heavy atom. The molecule has 8 heteroatoms. The minimum atomic E-state index is 0.598. The number of halogens is 1. The standard InChI is InChI=1S/C19H15ClN4O2S/c1-25-16-8-7-13(20)9-15(16)18-21-19(23-22-18)27-11-14-10-17(26-24-14)12-5-3-2-4-6-12/h2-10H,11H2,1H3,(H,21,22,23). The summed E-state index contributed by atoms with van der Waals surface area (Å²) in [6, 6.07) is 17.1. The summed E-state index contributed by atoms with van der Waals surface area (Å²) in [5.41, 5.74) is 2.58. The summed E-state index contributed by atoms with van der Waals surface area (Å²) in [7, 11) is 1.60. The van der Waals surface area contributed by atoms with Crippen LogP contribution in [-0.2, 0) is 5.75 Å². The van der Waals surface area contributed by atoms with Crippen molar-refractivity contribution in [2.45, 2.75) is 10.9 Å². The molecule has 136 valence electrons. The SMILES string of the molecule is COc1ccc(Cl)cc1-c1nc(SCc2cc(-c3ccccc3)on2)n[nH]1. The van der Waals surface area contributed by atoms with Gasteiger partial charge in [0.2, 0.25) is 5.16 Å². The first kappa shape index (κ1) is 17.6. The average molecular weight is 399 g/mol. The van der Waals surface area contributed by atoms with E-state index in [2.05, 4.69) is 20.3 Å². The fraction of sp³-hybridized carbons (Fsp3) is 0.105. The Bertz CT molecular complexity index is 1050. The van der Waals surface area contributed by atoms with Gasteiger partial charge in [-0.05, 0) is 18.2 Å². The van der Waals surface area contributed by atoms with Gasteiger partial charge in [-0.15, -0.1) is 5.10 Å². The minimum Gasteiger partial charge on any atom is -0.496 e. The number of hydrogen-bond donors (Lipinski definition) is 1. The molecule has 0 unspecified atom stereocenters. The van der Waals surface area contributed by atoms with Crippen LogP contribution in [0.3, 0.4) is 0 Å². The molecule has 2 aromatic carbocycles. The van der Waals surface area contributed by atoms with E-state index in [4.69, 9.17) is 20.9 Å². The number of nitrogens with one attached hydrogen (secondary N) is 1. The molecule has 0 amide bonds. The molecular weight excluding hydrogens is 384 g/mol. The highest BCUT2D eigenvalue weighted by molar-refractivity contribution is 7.98. The predicted octanol–water partition coefficient (Wildman–Crippen LogP) is 5.08. The van der Waals surface area contributed by atoms with Crippen LogP contribution in [0.5, 0.6) is 5.75 Å². The lowest BCUT2D eigenvalue weighted by Gasteiger charge is -2.05. The normalized spacial score (nSPS) is 10.9. The van der Waals surface area contributed by atoms with Gasteiger partial charge >= 0.3 is 0 Å². The molecule has 27 heavy (non-hydrogen) atoms. The van der Waals surface area contributed by atoms with Crippen molar-refractivity contribution in [1.82, 2.24) is 20.3 Å². The van der Waals surface area contributed by atoms with Crippen molar-refractivity contribution in [3.63, 3.8) is 0 Å². The monoisotopic (exact) mass is 398 g/mol. The third kappa shape index (κ3) is 3.99. The Morgan fingerprint density at radius 2 is 2.00 bits per heavy atom. The highest BCUT2D eigenvalue weighted by Crippen LogP contribution is 2.31. The molecule has 1 N–H and O–H groups in total. The van der Waals surface area contributed by atoms with Crippen LogP contribution < -0.4 is 4.74 Å². The Morgan fingerprint density at radius 1 is 1.15 bits per heavy atom. The van der Waals surface area contributed by atoms with Gasteiger partial charge in [0.25, 0.3) is 0 Å². The first-order chi connectivity index (χ1) is 13.2. The molecule has 0 saturated heterocycles. The number of ether oxygens (including phenoxy) is 1. The molecule has 0 aliphatic rings. The number of rotatable bonds is 6. The van der Waals surface area contributed by atoms with Crippen LogP contribution in [0.25, 0.3) is 22.7 Å². The van der Waals surface area contributed by atoms with Crippen molar-refractivity contribution >= 4 is 23.4 Å². The van der Waals surface area contributed by atoms with Gasteiger partial charge in [-0.25, -0.2) is 4.98 Å². The van der Waals surface area contributed by atoms with Crippen LogP contribution in [-0.4, -0.2) is 27.4 Å². The molecule has 2 aromatic heterocycles. The van der Waals surface area contributed by atoms with E-state index in [1.54, 1.807) is 25.3 Å². The van der Waals surface area contributed by atoms with E-state index >= 15 is 0 Å². The van der Waals surface area contributed by atoms with Gasteiger partial charge in [0, 0.05) is 22.4 Å². The number of nitrogens with zero attached hydrogens (tertiary/aromatic N) is 3. The molecule has 0 saturated carbocycles. The molecule has 0 aliphatic carbocycles. The van der Waals surface area contributed by atoms with Crippen molar-refractivity contribution in [3.05, 3.63) is 65.3 Å². The summed E-state index contributed by atoms with van der Waals surface area (Å²) >= 11 is 7.55. The van der Waals surface area contributed by atoms with Gasteiger partial charge in [-0.1, -0.05) is 58.9 Å². The minimum absolute atomic E-state index is 0.598. The van der Waals surface area contributed by atoms with Crippen molar-refractivity contribution in [1.29, 1.82) is 0 Å². The second kappa shape index (κ2) is 7.85. The van der Waals surface area contributed by atoms with Gasteiger partial charge in [-0.3, -0.25) is 5.10 Å². The largest absolute Gasteiger partial charge is 0.496 e. The van der Waals surface area contributed by atoms with Crippen molar-refractivity contribution in [3.8, 4) is 28.5 Å². The van der Waals surface area contributed by atoms with E-state index in [9.17, 15) is 0 Å². The number of H-pyrrole nitrogens is 1. The zero-order valence-electron chi connectivity index (χ0n) is 14.3. The number of aromatic amines is 1. The highest BCUT2D eigenvalue weighted by atomic mass is 35.5. The zero-order chi connectivity index (χ0) is 18.6. The second-order valence-corrected chi connectivity index (χ2v) is 7.03. The Hall–Kier alpha value is -2.77. The van der Waals surface area contributed by atoms with Crippen LogP contribution in [0.4, 0.5) is 0 Å². The van der Waals surface area contributed by atoms with Crippen molar-refractivity contribution in [2.24, 2.45) is 0 Å². The molecule has 0 bridgehead atoms. The average Bonchev–Trinajstić information content (AvgIpc) is 3.37. The van der Waals surface area contributed by atoms with Crippen LogP contribution in [0.15, 0.2) is 64.3 Å². The summed E-state index contributed by atoms with van der Waals surface area (Å²) in [6.45, 7) is 0. The molecule has 2 heterocycles. The summed E-state index contributed by atoms with van der Waals surface area (Å²) in [5.74, 6) is 2.61. The molecule has 0 radical (unpaired) electrons. The van der Waals surface area contributed by atoms with Crippen LogP contribution >= 0.6 is 23.4 Å². The molecule has 4 rings (SSSR count). The first-order valence-electron chi connectivity index (χ1n) is 8.13. The van der Waals surface area contributed by atoms with E-state index < -0.39 is 0 Å². The van der Waals surface area contributed by atoms with Gasteiger partial charge in [0.05, 0.1) is 18.4 Å². The highest BCUT2D eigenvalue weighted by Gasteiger charge is 2.13. The van der Waals surface area contributed by atoms with Crippen LogP contribution in [0.2, 0.25) is 5.02 Å². The smallest absolute Gasteiger partial charge is 0.209 e. The maximum atomic E-state index is 6.08. The molecule has 0 atom stereocenters. The number of thioether (sulfide) groups is 1. The van der Waals surface area contributed by atoms with E-state index in [1.165, 1.54) is 11.8 Å². The van der Waals surface area contributed by atoms with Crippen LogP contribution in [0.1, 0.15) is 5.69 Å². The van der Waals surface area contributed by atoms with Crippen molar-refractivity contribution in [2.75, 3.05) is 7.11 Å². The lowest BCUT2D eigenvalue weighted by atomic mass is 10.2. The maximum Gasteiger partial charge on any atom is 0.209 e. The van der Waals surface area contributed by atoms with E-state index in [0.29, 0.717) is 27.5 Å². The Balaban J connectivity index is 1.46. The molecule has 6 nitrogen and oxygen atoms in total. The van der Waals surface area contributed by atoms with E-state index in [-0.39, 0.29) is 0 Å². The topological polar surface area (TPSA) is 76.8 Å². The summed E-state index contributed by atoms with van der Waals surface area (Å²) in [6.07, 6.45) is 0. The molecule has 0 spiro atoms. The molecule has 0 fully saturated rings.